The molecular formula is C45H33N3. The van der Waals surface area contributed by atoms with Gasteiger partial charge >= 0.3 is 0 Å². The molecule has 228 valence electrons. The van der Waals surface area contributed by atoms with Gasteiger partial charge in [0, 0.05) is 32.9 Å². The fourth-order valence-corrected chi connectivity index (χ4v) is 7.00. The van der Waals surface area contributed by atoms with Gasteiger partial charge in [0.05, 0.1) is 33.7 Å². The molecule has 2 heterocycles. The van der Waals surface area contributed by atoms with Gasteiger partial charge in [-0.05, 0) is 89.0 Å². The second-order valence-electron chi connectivity index (χ2n) is 11.7. The molecule has 0 aliphatic rings. The summed E-state index contributed by atoms with van der Waals surface area (Å²) in [5.41, 5.74) is 12.3. The molecule has 0 radical (unpaired) electrons. The summed E-state index contributed by atoms with van der Waals surface area (Å²) < 4.78 is 4.73. The Labute approximate surface area is 280 Å². The van der Waals surface area contributed by atoms with Crippen LogP contribution in [-0.2, 0) is 0 Å². The highest BCUT2D eigenvalue weighted by molar-refractivity contribution is 6.12. The number of fused-ring (bicyclic) bond motifs is 6. The lowest BCUT2D eigenvalue weighted by atomic mass is 10.0. The van der Waals surface area contributed by atoms with Gasteiger partial charge in [0.15, 0.2) is 0 Å². The van der Waals surface area contributed by atoms with Crippen molar-refractivity contribution >= 4 is 43.6 Å². The highest BCUT2D eigenvalue weighted by Crippen LogP contribution is 2.38. The van der Waals surface area contributed by atoms with Gasteiger partial charge in [-0.1, -0.05) is 111 Å². The average molecular weight is 616 g/mol. The standard InChI is InChI=1S/C43H27N3.C2H6/c44-28-29-17-19-30(20-18-29)31-9-8-12-35(25-31)46-40-15-6-4-13-36(40)38-23-21-33(27-43(38)46)32-22-24-42-39(26-32)37-14-5-7-16-41(37)45(42)34-10-2-1-3-11-34;1-2/h1-27H;1-2H3. The average Bonchev–Trinajstić information content (AvgIpc) is 3.68. The third kappa shape index (κ3) is 4.75. The first-order valence-electron chi connectivity index (χ1n) is 16.5. The van der Waals surface area contributed by atoms with Crippen molar-refractivity contribution in [1.82, 2.24) is 9.13 Å². The van der Waals surface area contributed by atoms with Gasteiger partial charge in [-0.3, -0.25) is 0 Å². The van der Waals surface area contributed by atoms with Gasteiger partial charge in [-0.15, -0.1) is 0 Å². The minimum Gasteiger partial charge on any atom is -0.309 e. The monoisotopic (exact) mass is 615 g/mol. The van der Waals surface area contributed by atoms with Gasteiger partial charge in [0.2, 0.25) is 0 Å². The van der Waals surface area contributed by atoms with Crippen LogP contribution in [0.2, 0.25) is 0 Å². The quantitative estimate of drug-likeness (QED) is 0.194. The smallest absolute Gasteiger partial charge is 0.0991 e. The van der Waals surface area contributed by atoms with E-state index in [-0.39, 0.29) is 0 Å². The van der Waals surface area contributed by atoms with Crippen LogP contribution in [0, 0.1) is 11.3 Å². The first-order valence-corrected chi connectivity index (χ1v) is 16.5. The number of para-hydroxylation sites is 3. The van der Waals surface area contributed by atoms with E-state index in [1.807, 2.05) is 38.1 Å². The predicted molar refractivity (Wildman–Crippen MR) is 202 cm³/mol. The van der Waals surface area contributed by atoms with Crippen LogP contribution < -0.4 is 0 Å². The van der Waals surface area contributed by atoms with Gasteiger partial charge < -0.3 is 9.13 Å². The Morgan fingerprint density at radius 1 is 0.375 bits per heavy atom. The topological polar surface area (TPSA) is 33.6 Å². The molecule has 7 aromatic carbocycles. The Bertz CT molecular complexity index is 2630. The van der Waals surface area contributed by atoms with Crippen molar-refractivity contribution in [3.05, 3.63) is 169 Å². The van der Waals surface area contributed by atoms with Gasteiger partial charge in [0.25, 0.3) is 0 Å². The van der Waals surface area contributed by atoms with E-state index in [1.165, 1.54) is 54.7 Å². The molecule has 0 aliphatic carbocycles. The summed E-state index contributed by atoms with van der Waals surface area (Å²) >= 11 is 0. The van der Waals surface area contributed by atoms with E-state index in [0.29, 0.717) is 5.56 Å². The van der Waals surface area contributed by atoms with E-state index in [4.69, 9.17) is 0 Å². The van der Waals surface area contributed by atoms with Crippen LogP contribution in [0.3, 0.4) is 0 Å². The number of nitrogens with zero attached hydrogens (tertiary/aromatic N) is 3. The zero-order chi connectivity index (χ0) is 32.6. The minimum atomic E-state index is 0.664. The highest BCUT2D eigenvalue weighted by Gasteiger charge is 2.16. The van der Waals surface area contributed by atoms with Crippen molar-refractivity contribution in [3.63, 3.8) is 0 Å². The van der Waals surface area contributed by atoms with Crippen LogP contribution in [0.15, 0.2) is 164 Å². The highest BCUT2D eigenvalue weighted by atomic mass is 15.0. The molecular weight excluding hydrogens is 583 g/mol. The van der Waals surface area contributed by atoms with Crippen LogP contribution in [0.5, 0.6) is 0 Å². The predicted octanol–water partition coefficient (Wildman–Crippen LogP) is 12.1. The second-order valence-corrected chi connectivity index (χ2v) is 11.7. The number of hydrogen-bond donors (Lipinski definition) is 0. The lowest BCUT2D eigenvalue weighted by molar-refractivity contribution is 1.18. The third-order valence-corrected chi connectivity index (χ3v) is 9.15. The molecule has 0 aliphatic heterocycles. The van der Waals surface area contributed by atoms with Crippen molar-refractivity contribution in [3.8, 4) is 39.7 Å². The molecule has 0 atom stereocenters. The molecule has 2 aromatic heterocycles. The van der Waals surface area contributed by atoms with Crippen LogP contribution in [0.25, 0.3) is 77.2 Å². The van der Waals surface area contributed by atoms with E-state index in [1.54, 1.807) is 0 Å². The maximum Gasteiger partial charge on any atom is 0.0991 e. The molecule has 0 spiro atoms. The Morgan fingerprint density at radius 3 is 1.62 bits per heavy atom. The lowest BCUT2D eigenvalue weighted by Gasteiger charge is -2.11. The molecule has 0 N–H and O–H groups in total. The zero-order valence-electron chi connectivity index (χ0n) is 26.9. The molecule has 0 bridgehead atoms. The summed E-state index contributed by atoms with van der Waals surface area (Å²) in [6.45, 7) is 4.00. The Balaban J connectivity index is 0.00000165. The fraction of sp³-hybridized carbons (Fsp3) is 0.0444. The zero-order valence-corrected chi connectivity index (χ0v) is 26.9. The van der Waals surface area contributed by atoms with E-state index < -0.39 is 0 Å². The van der Waals surface area contributed by atoms with Crippen LogP contribution in [0.4, 0.5) is 0 Å². The maximum absolute atomic E-state index is 9.27. The Morgan fingerprint density at radius 2 is 0.896 bits per heavy atom. The van der Waals surface area contributed by atoms with Crippen LogP contribution >= 0.6 is 0 Å². The lowest BCUT2D eigenvalue weighted by Crippen LogP contribution is -1.94. The maximum atomic E-state index is 9.27. The largest absolute Gasteiger partial charge is 0.309 e. The van der Waals surface area contributed by atoms with Crippen molar-refractivity contribution in [2.24, 2.45) is 0 Å². The number of hydrogen-bond acceptors (Lipinski definition) is 1. The normalized spacial score (nSPS) is 11.1. The molecule has 0 saturated carbocycles. The van der Waals surface area contributed by atoms with Crippen molar-refractivity contribution in [2.75, 3.05) is 0 Å². The molecule has 0 unspecified atom stereocenters. The van der Waals surface area contributed by atoms with Crippen molar-refractivity contribution < 1.29 is 0 Å². The third-order valence-electron chi connectivity index (χ3n) is 9.15. The fourth-order valence-electron chi connectivity index (χ4n) is 7.00. The SMILES string of the molecule is CC.N#Cc1ccc(-c2cccc(-n3c4ccccc4c4ccc(-c5ccc6c(c5)c5ccccc5n6-c5ccccc5)cc43)c2)cc1. The van der Waals surface area contributed by atoms with Gasteiger partial charge in [-0.25, -0.2) is 0 Å². The molecule has 0 saturated heterocycles. The van der Waals surface area contributed by atoms with Gasteiger partial charge in [0.1, 0.15) is 0 Å². The van der Waals surface area contributed by atoms with E-state index in [2.05, 4.69) is 155 Å². The molecule has 0 fully saturated rings. The molecule has 3 heteroatoms. The Hall–Kier alpha value is -6.37. The van der Waals surface area contributed by atoms with E-state index in [0.717, 1.165) is 22.5 Å². The first kappa shape index (κ1) is 29.1. The summed E-state index contributed by atoms with van der Waals surface area (Å²) in [5, 5.41) is 14.2. The van der Waals surface area contributed by atoms with Crippen LogP contribution in [-0.4, -0.2) is 9.13 Å². The number of aromatic nitrogens is 2. The number of nitriles is 1. The van der Waals surface area contributed by atoms with Crippen molar-refractivity contribution in [2.45, 2.75) is 13.8 Å². The molecule has 48 heavy (non-hydrogen) atoms. The summed E-state index contributed by atoms with van der Waals surface area (Å²) in [4.78, 5) is 0. The van der Waals surface area contributed by atoms with E-state index >= 15 is 0 Å². The summed E-state index contributed by atoms with van der Waals surface area (Å²) in [6, 6.07) is 60.3. The second kappa shape index (κ2) is 12.1. The van der Waals surface area contributed by atoms with Crippen molar-refractivity contribution in [1.29, 1.82) is 5.26 Å². The Kier molecular flexibility index (Phi) is 7.32. The summed E-state index contributed by atoms with van der Waals surface area (Å²) in [6.07, 6.45) is 0. The van der Waals surface area contributed by atoms with Crippen LogP contribution in [0.1, 0.15) is 19.4 Å². The molecule has 9 aromatic rings. The minimum absolute atomic E-state index is 0.664. The number of rotatable bonds is 4. The molecule has 0 amide bonds. The molecule has 9 rings (SSSR count). The number of benzene rings is 7. The van der Waals surface area contributed by atoms with Gasteiger partial charge in [-0.2, -0.15) is 5.26 Å². The molecule has 3 nitrogen and oxygen atoms in total. The summed E-state index contributed by atoms with van der Waals surface area (Å²) in [7, 11) is 0. The summed E-state index contributed by atoms with van der Waals surface area (Å²) in [5.74, 6) is 0. The van der Waals surface area contributed by atoms with E-state index in [9.17, 15) is 5.26 Å². The first-order chi connectivity index (χ1) is 23.8.